The van der Waals surface area contributed by atoms with Gasteiger partial charge in [0, 0.05) is 6.04 Å². The minimum Gasteiger partial charge on any atom is -0.329 e. The Morgan fingerprint density at radius 2 is 1.95 bits per heavy atom. The third-order valence-electron chi connectivity index (χ3n) is 4.38. The molecule has 19 heavy (non-hydrogen) atoms. The molecule has 0 unspecified atom stereocenters. The maximum Gasteiger partial charge on any atom is 0.178 e. The van der Waals surface area contributed by atoms with E-state index < -0.39 is 0 Å². The Kier molecular flexibility index (Phi) is 2.33. The maximum absolute atomic E-state index is 9.20. The lowest BCUT2D eigenvalue weighted by molar-refractivity contribution is 0.400. The molecule has 1 heterocycles. The zero-order chi connectivity index (χ0) is 13.0. The van der Waals surface area contributed by atoms with Gasteiger partial charge < -0.3 is 9.55 Å². The van der Waals surface area contributed by atoms with Gasteiger partial charge in [0.1, 0.15) is 6.07 Å². The van der Waals surface area contributed by atoms with Crippen LogP contribution in [0.3, 0.4) is 0 Å². The number of imidazole rings is 1. The lowest BCUT2D eigenvalue weighted by Gasteiger charge is -2.18. The Bertz CT molecular complexity index is 729. The minimum atomic E-state index is 0.551. The molecule has 0 spiro atoms. The van der Waals surface area contributed by atoms with E-state index >= 15 is 0 Å². The summed E-state index contributed by atoms with van der Waals surface area (Å²) in [6, 6.07) is 8.69. The van der Waals surface area contributed by atoms with Crippen molar-refractivity contribution in [2.45, 2.75) is 31.7 Å². The van der Waals surface area contributed by atoms with Gasteiger partial charge in [0.2, 0.25) is 0 Å². The fourth-order valence-electron chi connectivity index (χ4n) is 3.22. The molecule has 1 N–H and O–H groups in total. The van der Waals surface area contributed by atoms with E-state index in [1.54, 1.807) is 0 Å². The van der Waals surface area contributed by atoms with Gasteiger partial charge in [-0.25, -0.2) is 0 Å². The summed E-state index contributed by atoms with van der Waals surface area (Å²) >= 11 is 5.53. The van der Waals surface area contributed by atoms with Gasteiger partial charge in [0.15, 0.2) is 4.77 Å². The highest BCUT2D eigenvalue weighted by Crippen LogP contribution is 2.52. The van der Waals surface area contributed by atoms with Crippen molar-refractivity contribution in [3.8, 4) is 6.07 Å². The third-order valence-corrected chi connectivity index (χ3v) is 4.68. The molecule has 2 aliphatic carbocycles. The number of hydrogen-bond donors (Lipinski definition) is 1. The highest BCUT2D eigenvalue weighted by molar-refractivity contribution is 7.71. The molecule has 0 saturated heterocycles. The average molecular weight is 269 g/mol. The molecule has 0 radical (unpaired) electrons. The summed E-state index contributed by atoms with van der Waals surface area (Å²) in [5, 5.41) is 9.20. The number of para-hydroxylation sites is 1. The number of H-pyrrole nitrogens is 1. The van der Waals surface area contributed by atoms with E-state index in [2.05, 4.69) is 21.7 Å². The maximum atomic E-state index is 9.20. The molecule has 4 heteroatoms. The number of aromatic amines is 1. The Labute approximate surface area is 116 Å². The molecule has 0 atom stereocenters. The molecule has 4 rings (SSSR count). The molecule has 2 aromatic rings. The zero-order valence-electron chi connectivity index (χ0n) is 10.6. The van der Waals surface area contributed by atoms with Crippen LogP contribution in [0.5, 0.6) is 0 Å². The van der Waals surface area contributed by atoms with Crippen molar-refractivity contribution in [1.82, 2.24) is 9.55 Å². The normalized spacial score (nSPS) is 18.9. The number of hydrogen-bond acceptors (Lipinski definition) is 2. The summed E-state index contributed by atoms with van der Waals surface area (Å²) < 4.78 is 3.07. The topological polar surface area (TPSA) is 44.5 Å². The second kappa shape index (κ2) is 3.94. The predicted octanol–water partition coefficient (Wildman–Crippen LogP) is 3.93. The van der Waals surface area contributed by atoms with Crippen LogP contribution in [0.1, 0.15) is 37.3 Å². The lowest BCUT2D eigenvalue weighted by atomic mass is 10.1. The molecular formula is C15H15N3S. The van der Waals surface area contributed by atoms with Crippen molar-refractivity contribution in [3.05, 3.63) is 28.5 Å². The van der Waals surface area contributed by atoms with Crippen molar-refractivity contribution in [3.63, 3.8) is 0 Å². The van der Waals surface area contributed by atoms with Crippen molar-refractivity contribution in [1.29, 1.82) is 5.26 Å². The van der Waals surface area contributed by atoms with E-state index in [-0.39, 0.29) is 0 Å². The summed E-state index contributed by atoms with van der Waals surface area (Å²) in [5.74, 6) is 1.59. The van der Waals surface area contributed by atoms with Crippen LogP contribution in [0.15, 0.2) is 18.2 Å². The predicted molar refractivity (Wildman–Crippen MR) is 76.3 cm³/mol. The highest BCUT2D eigenvalue weighted by atomic mass is 32.1. The lowest BCUT2D eigenvalue weighted by Crippen LogP contribution is -2.13. The standard InChI is InChI=1S/C15H15N3S/c16-8-11-2-1-3-12-13(11)17-15(19)18(12)14(9-4-5-9)10-6-7-10/h1-3,9-10,14H,4-7H2,(H,17,19). The van der Waals surface area contributed by atoms with E-state index in [0.717, 1.165) is 27.6 Å². The van der Waals surface area contributed by atoms with E-state index in [1.165, 1.54) is 25.7 Å². The molecular weight excluding hydrogens is 254 g/mol. The number of aromatic nitrogens is 2. The Hall–Kier alpha value is -1.60. The van der Waals surface area contributed by atoms with Gasteiger partial charge in [-0.1, -0.05) is 6.07 Å². The molecule has 0 aliphatic heterocycles. The molecule has 2 fully saturated rings. The monoisotopic (exact) mass is 269 g/mol. The average Bonchev–Trinajstić information content (AvgIpc) is 3.30. The molecule has 1 aromatic heterocycles. The first-order valence-electron chi connectivity index (χ1n) is 6.93. The van der Waals surface area contributed by atoms with Gasteiger partial charge >= 0.3 is 0 Å². The van der Waals surface area contributed by atoms with Crippen molar-refractivity contribution in [2.24, 2.45) is 11.8 Å². The van der Waals surface area contributed by atoms with Crippen LogP contribution in [-0.2, 0) is 0 Å². The summed E-state index contributed by atoms with van der Waals surface area (Å²) in [7, 11) is 0. The van der Waals surface area contributed by atoms with Crippen molar-refractivity contribution >= 4 is 23.3 Å². The van der Waals surface area contributed by atoms with Gasteiger partial charge in [-0.3, -0.25) is 0 Å². The minimum absolute atomic E-state index is 0.551. The number of rotatable bonds is 3. The Balaban J connectivity index is 1.96. The van der Waals surface area contributed by atoms with Gasteiger partial charge in [0.25, 0.3) is 0 Å². The Morgan fingerprint density at radius 1 is 1.26 bits per heavy atom. The molecule has 96 valence electrons. The number of benzene rings is 1. The summed E-state index contributed by atoms with van der Waals surface area (Å²) in [6.07, 6.45) is 5.31. The van der Waals surface area contributed by atoms with Crippen molar-refractivity contribution < 1.29 is 0 Å². The van der Waals surface area contributed by atoms with E-state index in [0.29, 0.717) is 11.6 Å². The van der Waals surface area contributed by atoms with Crippen LogP contribution in [0, 0.1) is 27.9 Å². The van der Waals surface area contributed by atoms with Crippen LogP contribution in [-0.4, -0.2) is 9.55 Å². The van der Waals surface area contributed by atoms with E-state index in [1.807, 2.05) is 12.1 Å². The second-order valence-electron chi connectivity index (χ2n) is 5.78. The van der Waals surface area contributed by atoms with Crippen LogP contribution >= 0.6 is 12.2 Å². The van der Waals surface area contributed by atoms with Crippen molar-refractivity contribution in [2.75, 3.05) is 0 Å². The number of fused-ring (bicyclic) bond motifs is 1. The molecule has 3 nitrogen and oxygen atoms in total. The fraction of sp³-hybridized carbons (Fsp3) is 0.467. The molecule has 2 aliphatic rings. The van der Waals surface area contributed by atoms with Gasteiger partial charge in [-0.15, -0.1) is 0 Å². The van der Waals surface area contributed by atoms with E-state index in [4.69, 9.17) is 12.2 Å². The number of nitriles is 1. The first-order chi connectivity index (χ1) is 9.29. The largest absolute Gasteiger partial charge is 0.329 e. The smallest absolute Gasteiger partial charge is 0.178 e. The van der Waals surface area contributed by atoms with Gasteiger partial charge in [-0.2, -0.15) is 5.26 Å². The zero-order valence-corrected chi connectivity index (χ0v) is 11.4. The van der Waals surface area contributed by atoms with Gasteiger partial charge in [-0.05, 0) is 61.9 Å². The molecule has 0 amide bonds. The molecule has 0 bridgehead atoms. The highest BCUT2D eigenvalue weighted by Gasteiger charge is 2.43. The fourth-order valence-corrected chi connectivity index (χ4v) is 3.54. The van der Waals surface area contributed by atoms with Crippen LogP contribution in [0.4, 0.5) is 0 Å². The number of nitrogens with zero attached hydrogens (tertiary/aromatic N) is 2. The third kappa shape index (κ3) is 1.73. The summed E-state index contributed by atoms with van der Waals surface area (Å²) in [4.78, 5) is 3.25. The summed E-state index contributed by atoms with van der Waals surface area (Å²) in [5.41, 5.74) is 2.70. The second-order valence-corrected chi connectivity index (χ2v) is 6.16. The van der Waals surface area contributed by atoms with Crippen LogP contribution in [0.2, 0.25) is 0 Å². The van der Waals surface area contributed by atoms with Gasteiger partial charge in [0.05, 0.1) is 16.6 Å². The quantitative estimate of drug-likeness (QED) is 0.858. The molecule has 2 saturated carbocycles. The number of nitrogens with one attached hydrogen (secondary N) is 1. The van der Waals surface area contributed by atoms with Crippen LogP contribution in [0.25, 0.3) is 11.0 Å². The first kappa shape index (κ1) is 11.2. The van der Waals surface area contributed by atoms with Crippen LogP contribution < -0.4 is 0 Å². The SMILES string of the molecule is N#Cc1cccc2c1[nH]c(=S)n2C(C1CC1)C1CC1. The first-order valence-corrected chi connectivity index (χ1v) is 7.34. The van der Waals surface area contributed by atoms with E-state index in [9.17, 15) is 5.26 Å². The summed E-state index contributed by atoms with van der Waals surface area (Å²) in [6.45, 7) is 0. The Morgan fingerprint density at radius 3 is 2.53 bits per heavy atom. The molecule has 1 aromatic carbocycles.